The molecule has 1 rings (SSSR count). The molecule has 0 N–H and O–H groups in total. The molecule has 0 radical (unpaired) electrons. The van der Waals surface area contributed by atoms with Crippen LogP contribution in [0, 0.1) is 5.92 Å². The number of halogens is 4. The third-order valence-electron chi connectivity index (χ3n) is 2.23. The van der Waals surface area contributed by atoms with Gasteiger partial charge in [0.2, 0.25) is 0 Å². The van der Waals surface area contributed by atoms with Crippen LogP contribution in [0.25, 0.3) is 0 Å². The van der Waals surface area contributed by atoms with E-state index in [9.17, 15) is 17.6 Å². The molecular weight excluding hydrogens is 184 g/mol. The van der Waals surface area contributed by atoms with Crippen molar-refractivity contribution < 1.29 is 17.6 Å². The molecule has 0 spiro atoms. The fraction of sp³-hybridized carbons (Fsp3) is 0.556. The highest BCUT2D eigenvalue weighted by Gasteiger charge is 2.47. The van der Waals surface area contributed by atoms with Gasteiger partial charge >= 0.3 is 5.92 Å². The molecule has 0 bridgehead atoms. The molecule has 0 aromatic rings. The van der Waals surface area contributed by atoms with Crippen LogP contribution in [-0.4, -0.2) is 5.92 Å². The zero-order chi connectivity index (χ0) is 10.2. The average molecular weight is 194 g/mol. The Balaban J connectivity index is 3.18. The van der Waals surface area contributed by atoms with Gasteiger partial charge in [-0.15, -0.1) is 0 Å². The molecule has 1 aliphatic rings. The van der Waals surface area contributed by atoms with Crippen LogP contribution in [-0.2, 0) is 0 Å². The van der Waals surface area contributed by atoms with Gasteiger partial charge in [-0.2, -0.15) is 8.78 Å². The van der Waals surface area contributed by atoms with E-state index in [2.05, 4.69) is 0 Å². The van der Waals surface area contributed by atoms with E-state index in [-0.39, 0.29) is 12.0 Å². The Labute approximate surface area is 73.9 Å². The zero-order valence-electron chi connectivity index (χ0n) is 7.37. The smallest absolute Gasteiger partial charge is 0.211 e. The van der Waals surface area contributed by atoms with Gasteiger partial charge in [-0.1, -0.05) is 6.92 Å². The highest BCUT2D eigenvalue weighted by Crippen LogP contribution is 2.43. The first-order valence-electron chi connectivity index (χ1n) is 4.05. The fourth-order valence-electron chi connectivity index (χ4n) is 1.19. The van der Waals surface area contributed by atoms with Gasteiger partial charge in [-0.25, -0.2) is 8.78 Å². The molecule has 0 aromatic carbocycles. The van der Waals surface area contributed by atoms with Gasteiger partial charge < -0.3 is 0 Å². The van der Waals surface area contributed by atoms with Crippen LogP contribution < -0.4 is 0 Å². The second kappa shape index (κ2) is 3.16. The first-order chi connectivity index (χ1) is 5.91. The Morgan fingerprint density at radius 1 is 1.38 bits per heavy atom. The van der Waals surface area contributed by atoms with E-state index in [1.165, 1.54) is 6.92 Å². The van der Waals surface area contributed by atoms with Crippen LogP contribution in [0.2, 0.25) is 0 Å². The van der Waals surface area contributed by atoms with Crippen LogP contribution in [0.3, 0.4) is 0 Å². The van der Waals surface area contributed by atoms with Gasteiger partial charge in [0.15, 0.2) is 5.83 Å². The zero-order valence-corrected chi connectivity index (χ0v) is 7.37. The number of alkyl halides is 2. The summed E-state index contributed by atoms with van der Waals surface area (Å²) in [6.07, 6.45) is 0.930. The maximum absolute atomic E-state index is 13.0. The number of hydrogen-bond acceptors (Lipinski definition) is 0. The topological polar surface area (TPSA) is 0 Å². The van der Waals surface area contributed by atoms with Crippen molar-refractivity contribution in [3.8, 4) is 0 Å². The summed E-state index contributed by atoms with van der Waals surface area (Å²) in [6.45, 7) is 2.47. The Bertz CT molecular complexity index is 275. The molecule has 74 valence electrons. The van der Waals surface area contributed by atoms with Gasteiger partial charge in [0, 0.05) is 0 Å². The molecule has 13 heavy (non-hydrogen) atoms. The van der Waals surface area contributed by atoms with E-state index in [4.69, 9.17) is 0 Å². The van der Waals surface area contributed by atoms with Crippen LogP contribution in [0.5, 0.6) is 0 Å². The van der Waals surface area contributed by atoms with Crippen molar-refractivity contribution in [1.29, 1.82) is 0 Å². The van der Waals surface area contributed by atoms with Crippen LogP contribution >= 0.6 is 0 Å². The first kappa shape index (κ1) is 10.3. The third-order valence-corrected chi connectivity index (χ3v) is 2.23. The van der Waals surface area contributed by atoms with Crippen molar-refractivity contribution in [3.63, 3.8) is 0 Å². The van der Waals surface area contributed by atoms with E-state index in [0.717, 1.165) is 13.0 Å². The Hall–Kier alpha value is -0.800. The SMILES string of the molecule is CCC1=C(F)C(F)(F)C(C)C(F)=C1. The van der Waals surface area contributed by atoms with Gasteiger partial charge in [-0.05, 0) is 25.0 Å². The predicted molar refractivity (Wildman–Crippen MR) is 41.7 cm³/mol. The van der Waals surface area contributed by atoms with E-state index >= 15 is 0 Å². The molecule has 0 nitrogen and oxygen atoms in total. The van der Waals surface area contributed by atoms with Crippen molar-refractivity contribution in [1.82, 2.24) is 0 Å². The standard InChI is InChI=1S/C9H10F4/c1-3-6-4-7(10)5(2)9(12,13)8(6)11/h4-5H,3H2,1-2H3. The summed E-state index contributed by atoms with van der Waals surface area (Å²) in [5, 5.41) is 0. The molecule has 0 saturated carbocycles. The molecule has 0 amide bonds. The average Bonchev–Trinajstić information content (AvgIpc) is 2.09. The van der Waals surface area contributed by atoms with Crippen LogP contribution in [0.15, 0.2) is 23.3 Å². The van der Waals surface area contributed by atoms with Gasteiger partial charge in [0.25, 0.3) is 0 Å². The molecule has 0 aromatic heterocycles. The number of hydrogen-bond donors (Lipinski definition) is 0. The first-order valence-corrected chi connectivity index (χ1v) is 4.05. The van der Waals surface area contributed by atoms with Crippen LogP contribution in [0.4, 0.5) is 17.6 Å². The second-order valence-corrected chi connectivity index (χ2v) is 3.07. The molecule has 0 heterocycles. The molecule has 1 atom stereocenters. The summed E-state index contributed by atoms with van der Waals surface area (Å²) >= 11 is 0. The minimum absolute atomic E-state index is 0.0710. The molecule has 0 fully saturated rings. The maximum Gasteiger partial charge on any atom is 0.307 e. The molecule has 0 aliphatic heterocycles. The lowest BCUT2D eigenvalue weighted by Crippen LogP contribution is -2.30. The monoisotopic (exact) mass is 194 g/mol. The van der Waals surface area contributed by atoms with Crippen molar-refractivity contribution in [2.45, 2.75) is 26.2 Å². The second-order valence-electron chi connectivity index (χ2n) is 3.07. The summed E-state index contributed by atoms with van der Waals surface area (Å²) in [6, 6.07) is 0. The molecular formula is C9H10F4. The van der Waals surface area contributed by atoms with Crippen molar-refractivity contribution in [2.75, 3.05) is 0 Å². The minimum atomic E-state index is -3.69. The summed E-state index contributed by atoms with van der Waals surface area (Å²) in [5.74, 6) is -7.83. The van der Waals surface area contributed by atoms with Crippen LogP contribution in [0.1, 0.15) is 20.3 Å². The number of allylic oxidation sites excluding steroid dienone is 4. The summed E-state index contributed by atoms with van der Waals surface area (Å²) in [5.41, 5.74) is -0.249. The summed E-state index contributed by atoms with van der Waals surface area (Å²) in [4.78, 5) is 0. The highest BCUT2D eigenvalue weighted by molar-refractivity contribution is 5.34. The lowest BCUT2D eigenvalue weighted by molar-refractivity contribution is -0.0309. The third kappa shape index (κ3) is 1.49. The lowest BCUT2D eigenvalue weighted by atomic mass is 9.91. The fourth-order valence-corrected chi connectivity index (χ4v) is 1.19. The van der Waals surface area contributed by atoms with Gasteiger partial charge in [0.1, 0.15) is 5.83 Å². The summed E-state index contributed by atoms with van der Waals surface area (Å²) < 4.78 is 51.8. The summed E-state index contributed by atoms with van der Waals surface area (Å²) in [7, 11) is 0. The highest BCUT2D eigenvalue weighted by atomic mass is 19.3. The van der Waals surface area contributed by atoms with Gasteiger partial charge in [0.05, 0.1) is 5.92 Å². The Kier molecular flexibility index (Phi) is 2.50. The van der Waals surface area contributed by atoms with Gasteiger partial charge in [-0.3, -0.25) is 0 Å². The largest absolute Gasteiger partial charge is 0.307 e. The van der Waals surface area contributed by atoms with E-state index in [1.807, 2.05) is 0 Å². The molecule has 1 aliphatic carbocycles. The predicted octanol–water partition coefficient (Wildman–Crippen LogP) is 3.76. The van der Waals surface area contributed by atoms with Crippen molar-refractivity contribution >= 4 is 0 Å². The lowest BCUT2D eigenvalue weighted by Gasteiger charge is -2.26. The maximum atomic E-state index is 13.0. The Morgan fingerprint density at radius 3 is 2.38 bits per heavy atom. The molecule has 0 saturated heterocycles. The van der Waals surface area contributed by atoms with Crippen molar-refractivity contribution in [2.24, 2.45) is 5.92 Å². The van der Waals surface area contributed by atoms with E-state index in [0.29, 0.717) is 0 Å². The number of rotatable bonds is 1. The van der Waals surface area contributed by atoms with E-state index in [1.54, 1.807) is 0 Å². The van der Waals surface area contributed by atoms with Crippen molar-refractivity contribution in [3.05, 3.63) is 23.3 Å². The molecule has 1 unspecified atom stereocenters. The minimum Gasteiger partial charge on any atom is -0.211 e. The molecule has 4 heteroatoms. The quantitative estimate of drug-likeness (QED) is 0.557. The Morgan fingerprint density at radius 2 is 1.92 bits per heavy atom. The van der Waals surface area contributed by atoms with E-state index < -0.39 is 23.5 Å². The normalized spacial score (nSPS) is 27.5.